The normalized spacial score (nSPS) is 17.6. The van der Waals surface area contributed by atoms with Crippen LogP contribution >= 0.6 is 11.3 Å². The van der Waals surface area contributed by atoms with E-state index >= 15 is 0 Å². The molecule has 5 heteroatoms. The van der Waals surface area contributed by atoms with E-state index in [0.29, 0.717) is 12.0 Å². The molecule has 0 bridgehead atoms. The summed E-state index contributed by atoms with van der Waals surface area (Å²) in [6, 6.07) is 4.87. The summed E-state index contributed by atoms with van der Waals surface area (Å²) in [5.74, 6) is 1.57. The third-order valence-corrected chi connectivity index (χ3v) is 4.48. The van der Waals surface area contributed by atoms with Gasteiger partial charge in [0.1, 0.15) is 0 Å². The van der Waals surface area contributed by atoms with E-state index in [1.165, 1.54) is 17.8 Å². The molecule has 0 amide bonds. The first-order valence-electron chi connectivity index (χ1n) is 7.44. The van der Waals surface area contributed by atoms with E-state index in [9.17, 15) is 0 Å². The van der Waals surface area contributed by atoms with Gasteiger partial charge >= 0.3 is 0 Å². The molecule has 112 valence electrons. The number of nitrogens with one attached hydrogen (secondary N) is 2. The molecule has 1 aliphatic rings. The fourth-order valence-corrected chi connectivity index (χ4v) is 3.17. The minimum absolute atomic E-state index is 0.532. The van der Waals surface area contributed by atoms with Crippen molar-refractivity contribution in [1.82, 2.24) is 10.6 Å². The SMILES string of the molecule is CN=C(NCC(C)C)NC1CCN(c2cccs2)CC1. The highest BCUT2D eigenvalue weighted by Crippen LogP contribution is 2.24. The summed E-state index contributed by atoms with van der Waals surface area (Å²) in [5.41, 5.74) is 0. The van der Waals surface area contributed by atoms with Gasteiger partial charge in [-0.05, 0) is 36.3 Å². The van der Waals surface area contributed by atoms with E-state index in [-0.39, 0.29) is 0 Å². The Morgan fingerprint density at radius 1 is 1.45 bits per heavy atom. The van der Waals surface area contributed by atoms with Gasteiger partial charge in [0.05, 0.1) is 5.00 Å². The second kappa shape index (κ2) is 7.53. The Labute approximate surface area is 126 Å². The van der Waals surface area contributed by atoms with Gasteiger partial charge in [0.25, 0.3) is 0 Å². The van der Waals surface area contributed by atoms with Crippen LogP contribution in [0.25, 0.3) is 0 Å². The second-order valence-electron chi connectivity index (χ2n) is 5.70. The Morgan fingerprint density at radius 2 is 2.20 bits per heavy atom. The zero-order valence-electron chi connectivity index (χ0n) is 12.7. The highest BCUT2D eigenvalue weighted by Gasteiger charge is 2.20. The third kappa shape index (κ3) is 4.40. The van der Waals surface area contributed by atoms with E-state index in [2.05, 4.69) is 51.9 Å². The van der Waals surface area contributed by atoms with Crippen LogP contribution in [0.2, 0.25) is 0 Å². The van der Waals surface area contributed by atoms with E-state index < -0.39 is 0 Å². The molecule has 0 spiro atoms. The number of hydrogen-bond acceptors (Lipinski definition) is 3. The van der Waals surface area contributed by atoms with Gasteiger partial charge in [0.15, 0.2) is 5.96 Å². The van der Waals surface area contributed by atoms with Crippen LogP contribution in [-0.2, 0) is 0 Å². The largest absolute Gasteiger partial charge is 0.363 e. The molecule has 2 rings (SSSR count). The van der Waals surface area contributed by atoms with Crippen molar-refractivity contribution in [3.05, 3.63) is 17.5 Å². The van der Waals surface area contributed by atoms with E-state index in [4.69, 9.17) is 0 Å². The van der Waals surface area contributed by atoms with Crippen molar-refractivity contribution in [1.29, 1.82) is 0 Å². The van der Waals surface area contributed by atoms with Crippen LogP contribution in [0.15, 0.2) is 22.5 Å². The van der Waals surface area contributed by atoms with Crippen LogP contribution in [0.1, 0.15) is 26.7 Å². The summed E-state index contributed by atoms with van der Waals surface area (Å²) >= 11 is 1.83. The van der Waals surface area contributed by atoms with Crippen molar-refractivity contribution in [3.63, 3.8) is 0 Å². The lowest BCUT2D eigenvalue weighted by Gasteiger charge is -2.33. The standard InChI is InChI=1S/C15H26N4S/c1-12(2)11-17-15(16-3)18-13-6-8-19(9-7-13)14-5-4-10-20-14/h4-5,10,12-13H,6-9,11H2,1-3H3,(H2,16,17,18). The van der Waals surface area contributed by atoms with Crippen molar-refractivity contribution < 1.29 is 0 Å². The maximum atomic E-state index is 4.31. The van der Waals surface area contributed by atoms with Crippen molar-refractivity contribution in [2.45, 2.75) is 32.7 Å². The molecule has 0 unspecified atom stereocenters. The van der Waals surface area contributed by atoms with E-state index in [1.807, 2.05) is 18.4 Å². The fourth-order valence-electron chi connectivity index (χ4n) is 2.38. The quantitative estimate of drug-likeness (QED) is 0.662. The number of anilines is 1. The van der Waals surface area contributed by atoms with Gasteiger partial charge in [-0.3, -0.25) is 4.99 Å². The van der Waals surface area contributed by atoms with Gasteiger partial charge in [0, 0.05) is 32.7 Å². The van der Waals surface area contributed by atoms with E-state index in [1.54, 1.807) is 0 Å². The number of piperidine rings is 1. The second-order valence-corrected chi connectivity index (χ2v) is 6.63. The van der Waals surface area contributed by atoms with Crippen molar-refractivity contribution in [2.75, 3.05) is 31.6 Å². The highest BCUT2D eigenvalue weighted by molar-refractivity contribution is 7.14. The van der Waals surface area contributed by atoms with Crippen LogP contribution in [0.5, 0.6) is 0 Å². The monoisotopic (exact) mass is 294 g/mol. The molecule has 2 heterocycles. The minimum Gasteiger partial charge on any atom is -0.363 e. The van der Waals surface area contributed by atoms with E-state index in [0.717, 1.165) is 25.6 Å². The third-order valence-electron chi connectivity index (χ3n) is 3.55. The molecule has 1 aromatic heterocycles. The number of guanidine groups is 1. The maximum absolute atomic E-state index is 4.31. The van der Waals surface area contributed by atoms with Gasteiger partial charge in [-0.15, -0.1) is 11.3 Å². The Kier molecular flexibility index (Phi) is 5.71. The number of nitrogens with zero attached hydrogens (tertiary/aromatic N) is 2. The maximum Gasteiger partial charge on any atom is 0.191 e. The van der Waals surface area contributed by atoms with Crippen molar-refractivity contribution in [3.8, 4) is 0 Å². The molecule has 1 aromatic rings. The molecule has 0 atom stereocenters. The van der Waals surface area contributed by atoms with Crippen LogP contribution in [0.4, 0.5) is 5.00 Å². The zero-order valence-corrected chi connectivity index (χ0v) is 13.5. The molecule has 20 heavy (non-hydrogen) atoms. The molecule has 0 aromatic carbocycles. The molecule has 0 saturated carbocycles. The van der Waals surface area contributed by atoms with Crippen LogP contribution < -0.4 is 15.5 Å². The molecule has 4 nitrogen and oxygen atoms in total. The number of aliphatic imine (C=N–C) groups is 1. The number of thiophene rings is 1. The fraction of sp³-hybridized carbons (Fsp3) is 0.667. The minimum atomic E-state index is 0.532. The molecule has 1 saturated heterocycles. The molecule has 0 aliphatic carbocycles. The average molecular weight is 294 g/mol. The first-order valence-corrected chi connectivity index (χ1v) is 8.32. The summed E-state index contributed by atoms with van der Waals surface area (Å²) in [6.07, 6.45) is 2.33. The Morgan fingerprint density at radius 3 is 2.75 bits per heavy atom. The van der Waals surface area contributed by atoms with Crippen LogP contribution in [0.3, 0.4) is 0 Å². The molecular weight excluding hydrogens is 268 g/mol. The predicted octanol–water partition coefficient (Wildman–Crippen LogP) is 2.54. The molecule has 1 aliphatic heterocycles. The van der Waals surface area contributed by atoms with Gasteiger partial charge in [-0.25, -0.2) is 0 Å². The average Bonchev–Trinajstić information content (AvgIpc) is 2.98. The van der Waals surface area contributed by atoms with Crippen LogP contribution in [0, 0.1) is 5.92 Å². The first kappa shape index (κ1) is 15.2. The summed E-state index contributed by atoms with van der Waals surface area (Å²) < 4.78 is 0. The Balaban J connectivity index is 1.76. The predicted molar refractivity (Wildman–Crippen MR) is 88.9 cm³/mol. The number of hydrogen-bond donors (Lipinski definition) is 2. The van der Waals surface area contributed by atoms with Gasteiger partial charge in [-0.2, -0.15) is 0 Å². The van der Waals surface area contributed by atoms with Crippen LogP contribution in [-0.4, -0.2) is 38.7 Å². The summed E-state index contributed by atoms with van der Waals surface area (Å²) in [7, 11) is 1.84. The van der Waals surface area contributed by atoms with Gasteiger partial charge in [-0.1, -0.05) is 13.8 Å². The summed E-state index contributed by atoms with van der Waals surface area (Å²) in [6.45, 7) is 7.63. The molecule has 1 fully saturated rings. The topological polar surface area (TPSA) is 39.7 Å². The Bertz CT molecular complexity index is 406. The number of rotatable bonds is 4. The lowest BCUT2D eigenvalue weighted by atomic mass is 10.1. The molecule has 0 radical (unpaired) electrons. The Hall–Kier alpha value is -1.23. The smallest absolute Gasteiger partial charge is 0.191 e. The van der Waals surface area contributed by atoms with Gasteiger partial charge in [0.2, 0.25) is 0 Å². The summed E-state index contributed by atoms with van der Waals surface area (Å²) in [5, 5.41) is 10.5. The van der Waals surface area contributed by atoms with Gasteiger partial charge < -0.3 is 15.5 Å². The lowest BCUT2D eigenvalue weighted by molar-refractivity contribution is 0.461. The highest BCUT2D eigenvalue weighted by atomic mass is 32.1. The summed E-state index contributed by atoms with van der Waals surface area (Å²) in [4.78, 5) is 6.79. The first-order chi connectivity index (χ1) is 9.69. The zero-order chi connectivity index (χ0) is 14.4. The lowest BCUT2D eigenvalue weighted by Crippen LogP contribution is -2.49. The molecule has 2 N–H and O–H groups in total. The van der Waals surface area contributed by atoms with Crippen molar-refractivity contribution >= 4 is 22.3 Å². The van der Waals surface area contributed by atoms with Crippen molar-refractivity contribution in [2.24, 2.45) is 10.9 Å². The molecular formula is C15H26N4S.